The first-order chi connectivity index (χ1) is 13.7. The molecule has 7 nitrogen and oxygen atoms in total. The topological polar surface area (TPSA) is 86.4 Å². The van der Waals surface area contributed by atoms with Crippen LogP contribution in [-0.2, 0) is 24.1 Å². The number of amides is 2. The second-order valence-corrected chi connectivity index (χ2v) is 7.47. The summed E-state index contributed by atoms with van der Waals surface area (Å²) in [5.74, 6) is -0.0103. The SMILES string of the molecule is O=CN1CCN(C(=O)c2cccc(Cc3n[nH]c(=O)c4c3CCCC4)c2)CC1. The van der Waals surface area contributed by atoms with Gasteiger partial charge < -0.3 is 9.80 Å². The minimum absolute atomic E-state index is 0.0103. The van der Waals surface area contributed by atoms with Crippen molar-refractivity contribution in [2.24, 2.45) is 0 Å². The Bertz CT molecular complexity index is 945. The number of aromatic amines is 1. The molecule has 28 heavy (non-hydrogen) atoms. The third-order valence-electron chi connectivity index (χ3n) is 5.68. The van der Waals surface area contributed by atoms with Gasteiger partial charge in [0, 0.05) is 43.7 Å². The molecule has 4 rings (SSSR count). The van der Waals surface area contributed by atoms with Crippen LogP contribution in [0.2, 0.25) is 0 Å². The van der Waals surface area contributed by atoms with Crippen LogP contribution < -0.4 is 5.56 Å². The van der Waals surface area contributed by atoms with Crippen LogP contribution in [0.1, 0.15) is 45.6 Å². The van der Waals surface area contributed by atoms with E-state index >= 15 is 0 Å². The molecule has 0 spiro atoms. The third-order valence-corrected chi connectivity index (χ3v) is 5.68. The lowest BCUT2D eigenvalue weighted by atomic mass is 9.90. The van der Waals surface area contributed by atoms with Crippen molar-refractivity contribution in [3.8, 4) is 0 Å². The lowest BCUT2D eigenvalue weighted by Gasteiger charge is -2.32. The second-order valence-electron chi connectivity index (χ2n) is 7.47. The molecule has 2 aliphatic rings. The molecule has 2 heterocycles. The highest BCUT2D eigenvalue weighted by molar-refractivity contribution is 5.94. The molecule has 1 fully saturated rings. The predicted molar refractivity (Wildman–Crippen MR) is 104 cm³/mol. The van der Waals surface area contributed by atoms with Crippen LogP contribution in [0.3, 0.4) is 0 Å². The van der Waals surface area contributed by atoms with Gasteiger partial charge in [0.2, 0.25) is 6.41 Å². The molecular weight excluding hydrogens is 356 g/mol. The molecule has 1 saturated heterocycles. The van der Waals surface area contributed by atoms with E-state index in [4.69, 9.17) is 0 Å². The summed E-state index contributed by atoms with van der Waals surface area (Å²) in [6.45, 7) is 2.25. The Morgan fingerprint density at radius 1 is 1.11 bits per heavy atom. The second kappa shape index (κ2) is 7.96. The van der Waals surface area contributed by atoms with Gasteiger partial charge in [0.25, 0.3) is 11.5 Å². The van der Waals surface area contributed by atoms with Crippen LogP contribution in [0.5, 0.6) is 0 Å². The average Bonchev–Trinajstić information content (AvgIpc) is 2.76. The molecule has 1 aromatic heterocycles. The largest absolute Gasteiger partial charge is 0.342 e. The molecule has 1 N–H and O–H groups in total. The normalized spacial score (nSPS) is 16.6. The van der Waals surface area contributed by atoms with E-state index in [9.17, 15) is 14.4 Å². The Hall–Kier alpha value is -2.96. The van der Waals surface area contributed by atoms with E-state index in [2.05, 4.69) is 10.2 Å². The fourth-order valence-corrected chi connectivity index (χ4v) is 4.09. The Kier molecular flexibility index (Phi) is 5.23. The molecule has 2 amide bonds. The first-order valence-corrected chi connectivity index (χ1v) is 9.82. The maximum absolute atomic E-state index is 12.8. The smallest absolute Gasteiger partial charge is 0.267 e. The molecule has 1 aromatic carbocycles. The molecular formula is C21H24N4O3. The lowest BCUT2D eigenvalue weighted by Crippen LogP contribution is -2.48. The Balaban J connectivity index is 1.53. The molecule has 1 aliphatic heterocycles. The molecule has 0 atom stereocenters. The molecule has 0 radical (unpaired) electrons. The predicted octanol–water partition coefficient (Wildman–Crippen LogP) is 1.15. The van der Waals surface area contributed by atoms with Crippen molar-refractivity contribution in [1.82, 2.24) is 20.0 Å². The molecule has 1 aliphatic carbocycles. The number of H-pyrrole nitrogens is 1. The summed E-state index contributed by atoms with van der Waals surface area (Å²) in [6, 6.07) is 7.62. The van der Waals surface area contributed by atoms with Gasteiger partial charge in [0.15, 0.2) is 0 Å². The van der Waals surface area contributed by atoms with Crippen LogP contribution in [0, 0.1) is 0 Å². The fourth-order valence-electron chi connectivity index (χ4n) is 4.09. The van der Waals surface area contributed by atoms with Gasteiger partial charge in [0.05, 0.1) is 5.69 Å². The number of hydrogen-bond donors (Lipinski definition) is 1. The number of rotatable bonds is 4. The average molecular weight is 380 g/mol. The summed E-state index contributed by atoms with van der Waals surface area (Å²) in [7, 11) is 0. The first kappa shape index (κ1) is 18.4. The van der Waals surface area contributed by atoms with Gasteiger partial charge >= 0.3 is 0 Å². The van der Waals surface area contributed by atoms with Crippen LogP contribution >= 0.6 is 0 Å². The number of nitrogens with one attached hydrogen (secondary N) is 1. The number of fused-ring (bicyclic) bond motifs is 1. The van der Waals surface area contributed by atoms with Gasteiger partial charge in [-0.1, -0.05) is 12.1 Å². The van der Waals surface area contributed by atoms with Gasteiger partial charge in [-0.25, -0.2) is 5.10 Å². The van der Waals surface area contributed by atoms with Crippen LogP contribution in [0.25, 0.3) is 0 Å². The zero-order valence-electron chi connectivity index (χ0n) is 15.8. The van der Waals surface area contributed by atoms with Crippen molar-refractivity contribution in [2.45, 2.75) is 32.1 Å². The van der Waals surface area contributed by atoms with E-state index in [1.54, 1.807) is 9.80 Å². The zero-order valence-corrected chi connectivity index (χ0v) is 15.8. The number of benzene rings is 1. The number of piperazine rings is 1. The maximum Gasteiger partial charge on any atom is 0.267 e. The van der Waals surface area contributed by atoms with Crippen LogP contribution in [-0.4, -0.2) is 58.5 Å². The molecule has 0 saturated carbocycles. The van der Waals surface area contributed by atoms with Crippen molar-refractivity contribution >= 4 is 12.3 Å². The Morgan fingerprint density at radius 3 is 2.61 bits per heavy atom. The van der Waals surface area contributed by atoms with Crippen molar-refractivity contribution in [3.05, 3.63) is 62.6 Å². The molecule has 0 unspecified atom stereocenters. The molecule has 0 bridgehead atoms. The monoisotopic (exact) mass is 380 g/mol. The van der Waals surface area contributed by atoms with Crippen molar-refractivity contribution in [3.63, 3.8) is 0 Å². The van der Waals surface area contributed by atoms with Gasteiger partial charge in [-0.15, -0.1) is 0 Å². The summed E-state index contributed by atoms with van der Waals surface area (Å²) in [5.41, 5.74) is 4.43. The summed E-state index contributed by atoms with van der Waals surface area (Å²) in [6.07, 6.45) is 5.25. The van der Waals surface area contributed by atoms with Crippen LogP contribution in [0.15, 0.2) is 29.1 Å². The van der Waals surface area contributed by atoms with Crippen molar-refractivity contribution in [2.75, 3.05) is 26.2 Å². The van der Waals surface area contributed by atoms with Crippen LogP contribution in [0.4, 0.5) is 0 Å². The minimum Gasteiger partial charge on any atom is -0.342 e. The number of carbonyl (C=O) groups is 2. The van der Waals surface area contributed by atoms with E-state index in [1.807, 2.05) is 24.3 Å². The van der Waals surface area contributed by atoms with Gasteiger partial charge in [0.1, 0.15) is 0 Å². The highest BCUT2D eigenvalue weighted by Gasteiger charge is 2.22. The van der Waals surface area contributed by atoms with E-state index < -0.39 is 0 Å². The first-order valence-electron chi connectivity index (χ1n) is 9.82. The van der Waals surface area contributed by atoms with E-state index in [0.717, 1.165) is 54.5 Å². The van der Waals surface area contributed by atoms with Crippen molar-refractivity contribution < 1.29 is 9.59 Å². The standard InChI is InChI=1S/C21H24N4O3/c26-14-24-8-10-25(11-9-24)21(28)16-5-3-4-15(12-16)13-19-17-6-1-2-7-18(17)20(27)23-22-19/h3-5,12,14H,1-2,6-11,13H2,(H,23,27). The quantitative estimate of drug-likeness (QED) is 0.807. The number of carbonyl (C=O) groups excluding carboxylic acids is 2. The van der Waals surface area contributed by atoms with Crippen molar-refractivity contribution in [1.29, 1.82) is 0 Å². The van der Waals surface area contributed by atoms with E-state index in [1.165, 1.54) is 0 Å². The van der Waals surface area contributed by atoms with Gasteiger partial charge in [-0.2, -0.15) is 5.10 Å². The minimum atomic E-state index is -0.0724. The number of hydrogen-bond acceptors (Lipinski definition) is 4. The maximum atomic E-state index is 12.8. The van der Waals surface area contributed by atoms with E-state index in [-0.39, 0.29) is 11.5 Å². The lowest BCUT2D eigenvalue weighted by molar-refractivity contribution is -0.119. The summed E-state index contributed by atoms with van der Waals surface area (Å²) >= 11 is 0. The summed E-state index contributed by atoms with van der Waals surface area (Å²) in [5, 5.41) is 6.93. The van der Waals surface area contributed by atoms with E-state index in [0.29, 0.717) is 38.2 Å². The number of aromatic nitrogens is 2. The van der Waals surface area contributed by atoms with Gasteiger partial charge in [-0.3, -0.25) is 14.4 Å². The van der Waals surface area contributed by atoms with Gasteiger partial charge in [-0.05, 0) is 48.9 Å². The zero-order chi connectivity index (χ0) is 19.5. The molecule has 2 aromatic rings. The highest BCUT2D eigenvalue weighted by Crippen LogP contribution is 2.22. The summed E-state index contributed by atoms with van der Waals surface area (Å²) in [4.78, 5) is 39.2. The number of nitrogens with zero attached hydrogens (tertiary/aromatic N) is 3. The fraction of sp³-hybridized carbons (Fsp3) is 0.429. The Morgan fingerprint density at radius 2 is 1.86 bits per heavy atom. The summed E-state index contributed by atoms with van der Waals surface area (Å²) < 4.78 is 0. The molecule has 146 valence electrons. The Labute approximate surface area is 163 Å². The molecule has 7 heteroatoms. The highest BCUT2D eigenvalue weighted by atomic mass is 16.2. The third kappa shape index (κ3) is 3.69.